The normalized spacial score (nSPS) is 37.8. The zero-order valence-electron chi connectivity index (χ0n) is 11.8. The molecule has 0 aromatic carbocycles. The van der Waals surface area contributed by atoms with E-state index in [0.29, 0.717) is 5.54 Å². The van der Waals surface area contributed by atoms with E-state index in [-0.39, 0.29) is 0 Å². The van der Waals surface area contributed by atoms with E-state index in [1.54, 1.807) is 0 Å². The molecule has 0 amide bonds. The molecule has 1 atom stereocenters. The number of hydrogen-bond donors (Lipinski definition) is 1. The van der Waals surface area contributed by atoms with Crippen molar-refractivity contribution in [1.82, 2.24) is 9.80 Å². The molecule has 17 heavy (non-hydrogen) atoms. The molecule has 1 saturated carbocycles. The molecular weight excluding hydrogens is 210 g/mol. The van der Waals surface area contributed by atoms with Crippen LogP contribution in [0, 0.1) is 5.92 Å². The predicted octanol–water partition coefficient (Wildman–Crippen LogP) is 1.53. The first-order valence-corrected chi connectivity index (χ1v) is 7.30. The molecular formula is C14H29N3. The van der Waals surface area contributed by atoms with Crippen molar-refractivity contribution in [3.8, 4) is 0 Å². The van der Waals surface area contributed by atoms with Gasteiger partial charge in [0, 0.05) is 44.3 Å². The van der Waals surface area contributed by atoms with Crippen LogP contribution < -0.4 is 5.73 Å². The van der Waals surface area contributed by atoms with Gasteiger partial charge in [0.25, 0.3) is 0 Å². The molecule has 2 N–H and O–H groups in total. The van der Waals surface area contributed by atoms with Crippen LogP contribution in [0.4, 0.5) is 0 Å². The number of rotatable bonds is 4. The van der Waals surface area contributed by atoms with Gasteiger partial charge in [-0.2, -0.15) is 0 Å². The van der Waals surface area contributed by atoms with Crippen LogP contribution in [0.3, 0.4) is 0 Å². The fourth-order valence-electron chi connectivity index (χ4n) is 3.69. The van der Waals surface area contributed by atoms with E-state index in [2.05, 4.69) is 30.6 Å². The van der Waals surface area contributed by atoms with Crippen LogP contribution in [0.15, 0.2) is 0 Å². The summed E-state index contributed by atoms with van der Waals surface area (Å²) in [5.74, 6) is 0.881. The first-order chi connectivity index (χ1) is 8.11. The van der Waals surface area contributed by atoms with Crippen molar-refractivity contribution in [1.29, 1.82) is 0 Å². The van der Waals surface area contributed by atoms with Crippen molar-refractivity contribution in [2.24, 2.45) is 11.7 Å². The molecule has 100 valence electrons. The summed E-state index contributed by atoms with van der Waals surface area (Å²) >= 11 is 0. The lowest BCUT2D eigenvalue weighted by Gasteiger charge is -2.55. The summed E-state index contributed by atoms with van der Waals surface area (Å²) in [6.07, 6.45) is 3.89. The fraction of sp³-hybridized carbons (Fsp3) is 1.00. The molecule has 0 radical (unpaired) electrons. The van der Waals surface area contributed by atoms with E-state index in [1.165, 1.54) is 45.4 Å². The van der Waals surface area contributed by atoms with Gasteiger partial charge in [-0.1, -0.05) is 13.8 Å². The van der Waals surface area contributed by atoms with Crippen molar-refractivity contribution in [2.75, 3.05) is 32.7 Å². The minimum Gasteiger partial charge on any atom is -0.329 e. The van der Waals surface area contributed by atoms with Crippen LogP contribution in [0.1, 0.15) is 40.0 Å². The highest BCUT2D eigenvalue weighted by atomic mass is 15.3. The Morgan fingerprint density at radius 1 is 1.24 bits per heavy atom. The van der Waals surface area contributed by atoms with Crippen LogP contribution in [0.5, 0.6) is 0 Å². The maximum absolute atomic E-state index is 6.03. The third kappa shape index (κ3) is 2.51. The van der Waals surface area contributed by atoms with Crippen molar-refractivity contribution >= 4 is 0 Å². The SMILES string of the molecule is CCC(C)N1CCN(C2(CN)CC(C)C2)CC1. The van der Waals surface area contributed by atoms with Crippen molar-refractivity contribution in [3.63, 3.8) is 0 Å². The second kappa shape index (κ2) is 5.25. The topological polar surface area (TPSA) is 32.5 Å². The summed E-state index contributed by atoms with van der Waals surface area (Å²) in [6.45, 7) is 12.7. The van der Waals surface area contributed by atoms with Crippen molar-refractivity contribution in [2.45, 2.75) is 51.6 Å². The van der Waals surface area contributed by atoms with Gasteiger partial charge in [-0.15, -0.1) is 0 Å². The highest BCUT2D eigenvalue weighted by Gasteiger charge is 2.46. The second-order valence-corrected chi connectivity index (χ2v) is 6.22. The summed E-state index contributed by atoms with van der Waals surface area (Å²) in [7, 11) is 0. The fourth-order valence-corrected chi connectivity index (χ4v) is 3.69. The average molecular weight is 239 g/mol. The lowest BCUT2D eigenvalue weighted by atomic mass is 9.68. The van der Waals surface area contributed by atoms with Gasteiger partial charge in [0.15, 0.2) is 0 Å². The molecule has 0 spiro atoms. The summed E-state index contributed by atoms with van der Waals surface area (Å²) < 4.78 is 0. The monoisotopic (exact) mass is 239 g/mol. The molecule has 0 aromatic rings. The largest absolute Gasteiger partial charge is 0.329 e. The van der Waals surface area contributed by atoms with E-state index >= 15 is 0 Å². The highest BCUT2D eigenvalue weighted by molar-refractivity contribution is 5.03. The lowest BCUT2D eigenvalue weighted by Crippen LogP contribution is -2.65. The molecule has 1 heterocycles. The average Bonchev–Trinajstić information content (AvgIpc) is 2.34. The van der Waals surface area contributed by atoms with E-state index in [9.17, 15) is 0 Å². The zero-order valence-corrected chi connectivity index (χ0v) is 11.8. The van der Waals surface area contributed by atoms with E-state index < -0.39 is 0 Å². The molecule has 3 heteroatoms. The van der Waals surface area contributed by atoms with Gasteiger partial charge in [-0.05, 0) is 32.1 Å². The minimum absolute atomic E-state index is 0.362. The Kier molecular flexibility index (Phi) is 4.11. The maximum atomic E-state index is 6.03. The molecule has 2 rings (SSSR count). The number of piperazine rings is 1. The van der Waals surface area contributed by atoms with Crippen LogP contribution in [-0.2, 0) is 0 Å². The maximum Gasteiger partial charge on any atom is 0.0337 e. The van der Waals surface area contributed by atoms with Gasteiger partial charge >= 0.3 is 0 Å². The van der Waals surface area contributed by atoms with E-state index in [0.717, 1.165) is 18.5 Å². The summed E-state index contributed by atoms with van der Waals surface area (Å²) in [5, 5.41) is 0. The third-order valence-corrected chi connectivity index (χ3v) is 5.04. The van der Waals surface area contributed by atoms with Gasteiger partial charge in [-0.25, -0.2) is 0 Å². The smallest absolute Gasteiger partial charge is 0.0337 e. The number of nitrogens with two attached hydrogens (primary N) is 1. The lowest BCUT2D eigenvalue weighted by molar-refractivity contribution is -0.0452. The van der Waals surface area contributed by atoms with Crippen molar-refractivity contribution < 1.29 is 0 Å². The number of nitrogens with zero attached hydrogens (tertiary/aromatic N) is 2. The predicted molar refractivity (Wildman–Crippen MR) is 73.1 cm³/mol. The minimum atomic E-state index is 0.362. The summed E-state index contributed by atoms with van der Waals surface area (Å²) in [6, 6.07) is 0.742. The highest BCUT2D eigenvalue weighted by Crippen LogP contribution is 2.41. The van der Waals surface area contributed by atoms with Crippen LogP contribution in [0.2, 0.25) is 0 Å². The Bertz CT molecular complexity index is 240. The van der Waals surface area contributed by atoms with E-state index in [1.807, 2.05) is 0 Å². The Labute approximate surface area is 106 Å². The molecule has 0 bridgehead atoms. The molecule has 2 fully saturated rings. The van der Waals surface area contributed by atoms with E-state index in [4.69, 9.17) is 5.73 Å². The molecule has 1 aliphatic heterocycles. The van der Waals surface area contributed by atoms with Gasteiger partial charge < -0.3 is 5.73 Å². The van der Waals surface area contributed by atoms with Gasteiger partial charge in [-0.3, -0.25) is 9.80 Å². The quantitative estimate of drug-likeness (QED) is 0.807. The van der Waals surface area contributed by atoms with Crippen LogP contribution >= 0.6 is 0 Å². The Morgan fingerprint density at radius 3 is 2.24 bits per heavy atom. The van der Waals surface area contributed by atoms with Gasteiger partial charge in [0.05, 0.1) is 0 Å². The van der Waals surface area contributed by atoms with Crippen LogP contribution in [-0.4, -0.2) is 54.1 Å². The molecule has 3 nitrogen and oxygen atoms in total. The summed E-state index contributed by atoms with van der Waals surface area (Å²) in [5.41, 5.74) is 6.39. The standard InChI is InChI=1S/C14H29N3/c1-4-13(3)16-5-7-17(8-6-16)14(11-15)9-12(2)10-14/h12-13H,4-11,15H2,1-3H3. The Balaban J connectivity index is 1.86. The van der Waals surface area contributed by atoms with Gasteiger partial charge in [0.2, 0.25) is 0 Å². The Hall–Kier alpha value is -0.120. The molecule has 1 saturated heterocycles. The number of hydrogen-bond acceptors (Lipinski definition) is 3. The third-order valence-electron chi connectivity index (χ3n) is 5.04. The first kappa shape index (κ1) is 13.3. The van der Waals surface area contributed by atoms with Gasteiger partial charge in [0.1, 0.15) is 0 Å². The molecule has 1 unspecified atom stereocenters. The zero-order chi connectivity index (χ0) is 12.5. The molecule has 1 aliphatic carbocycles. The first-order valence-electron chi connectivity index (χ1n) is 7.30. The molecule has 0 aromatic heterocycles. The van der Waals surface area contributed by atoms with Crippen LogP contribution in [0.25, 0.3) is 0 Å². The second-order valence-electron chi connectivity index (χ2n) is 6.22. The summed E-state index contributed by atoms with van der Waals surface area (Å²) in [4.78, 5) is 5.30. The van der Waals surface area contributed by atoms with Crippen molar-refractivity contribution in [3.05, 3.63) is 0 Å². The Morgan fingerprint density at radius 2 is 1.82 bits per heavy atom. The molecule has 2 aliphatic rings.